The van der Waals surface area contributed by atoms with Crippen molar-refractivity contribution >= 4 is 12.4 Å². The van der Waals surface area contributed by atoms with Crippen molar-refractivity contribution in [3.63, 3.8) is 0 Å². The largest absolute Gasteiger partial charge is 0.508 e. The van der Waals surface area contributed by atoms with Crippen molar-refractivity contribution < 1.29 is 9.50 Å². The summed E-state index contributed by atoms with van der Waals surface area (Å²) in [6.07, 6.45) is 1.67. The zero-order chi connectivity index (χ0) is 9.84. The number of nitrogens with two attached hydrogens (primary N) is 1. The average Bonchev–Trinajstić information content (AvgIpc) is 2.04. The summed E-state index contributed by atoms with van der Waals surface area (Å²) in [5.41, 5.74) is 6.21. The van der Waals surface area contributed by atoms with E-state index in [9.17, 15) is 4.39 Å². The topological polar surface area (TPSA) is 46.2 Å². The van der Waals surface area contributed by atoms with E-state index in [1.807, 2.05) is 6.92 Å². The second-order valence-corrected chi connectivity index (χ2v) is 3.10. The molecule has 0 spiro atoms. The zero-order valence-electron chi connectivity index (χ0n) is 8.03. The van der Waals surface area contributed by atoms with Gasteiger partial charge in [-0.3, -0.25) is 0 Å². The van der Waals surface area contributed by atoms with Gasteiger partial charge in [0.2, 0.25) is 0 Å². The Labute approximate surface area is 89.3 Å². The van der Waals surface area contributed by atoms with Crippen molar-refractivity contribution in [3.8, 4) is 5.75 Å². The summed E-state index contributed by atoms with van der Waals surface area (Å²) >= 11 is 0. The Kier molecular flexibility index (Phi) is 5.50. The Hall–Kier alpha value is -0.800. The summed E-state index contributed by atoms with van der Waals surface area (Å²) in [5.74, 6) is -0.495. The predicted octanol–water partition coefficient (Wildman–Crippen LogP) is 2.75. The first-order valence-electron chi connectivity index (χ1n) is 4.39. The van der Waals surface area contributed by atoms with E-state index in [0.29, 0.717) is 5.56 Å². The number of halogens is 2. The molecule has 1 rings (SSSR count). The summed E-state index contributed by atoms with van der Waals surface area (Å²) in [6, 6.07) is 3.80. The van der Waals surface area contributed by atoms with Gasteiger partial charge in [0.1, 0.15) is 11.6 Å². The summed E-state index contributed by atoms with van der Waals surface area (Å²) in [5, 5.41) is 8.97. The highest BCUT2D eigenvalue weighted by Crippen LogP contribution is 2.22. The van der Waals surface area contributed by atoms with Crippen LogP contribution in [0.25, 0.3) is 0 Å². The smallest absolute Gasteiger partial charge is 0.131 e. The molecule has 0 heterocycles. The minimum absolute atomic E-state index is 0. The van der Waals surface area contributed by atoms with Crippen LogP contribution in [0.15, 0.2) is 18.2 Å². The van der Waals surface area contributed by atoms with Crippen LogP contribution < -0.4 is 5.73 Å². The van der Waals surface area contributed by atoms with Gasteiger partial charge in [-0.25, -0.2) is 4.39 Å². The lowest BCUT2D eigenvalue weighted by Gasteiger charge is -2.11. The Balaban J connectivity index is 0.00000169. The van der Waals surface area contributed by atoms with E-state index < -0.39 is 5.82 Å². The Morgan fingerprint density at radius 1 is 1.50 bits per heavy atom. The maximum Gasteiger partial charge on any atom is 0.131 e. The van der Waals surface area contributed by atoms with Crippen molar-refractivity contribution in [3.05, 3.63) is 29.6 Å². The molecule has 80 valence electrons. The Bertz CT molecular complexity index is 293. The summed E-state index contributed by atoms with van der Waals surface area (Å²) in [6.45, 7) is 2.00. The molecule has 0 saturated heterocycles. The monoisotopic (exact) mass is 219 g/mol. The Morgan fingerprint density at radius 2 is 2.14 bits per heavy atom. The lowest BCUT2D eigenvalue weighted by Crippen LogP contribution is -2.11. The minimum atomic E-state index is -0.430. The third-order valence-corrected chi connectivity index (χ3v) is 1.98. The highest BCUT2D eigenvalue weighted by molar-refractivity contribution is 5.85. The fourth-order valence-corrected chi connectivity index (χ4v) is 1.28. The average molecular weight is 220 g/mol. The van der Waals surface area contributed by atoms with E-state index in [-0.39, 0.29) is 24.2 Å². The molecule has 0 fully saturated rings. The van der Waals surface area contributed by atoms with Crippen molar-refractivity contribution in [2.45, 2.75) is 25.8 Å². The van der Waals surface area contributed by atoms with Gasteiger partial charge in [-0.05, 0) is 12.5 Å². The molecule has 1 aromatic rings. The number of phenols is 1. The molecule has 0 aliphatic heterocycles. The van der Waals surface area contributed by atoms with Crippen molar-refractivity contribution in [2.24, 2.45) is 5.73 Å². The van der Waals surface area contributed by atoms with Gasteiger partial charge in [-0.2, -0.15) is 0 Å². The van der Waals surface area contributed by atoms with Crippen LogP contribution in [0.2, 0.25) is 0 Å². The van der Waals surface area contributed by atoms with Gasteiger partial charge in [-0.1, -0.05) is 19.4 Å². The molecule has 14 heavy (non-hydrogen) atoms. The quantitative estimate of drug-likeness (QED) is 0.821. The fourth-order valence-electron chi connectivity index (χ4n) is 1.28. The van der Waals surface area contributed by atoms with Crippen molar-refractivity contribution in [1.82, 2.24) is 0 Å². The summed E-state index contributed by atoms with van der Waals surface area (Å²) in [7, 11) is 0. The normalized spacial score (nSPS) is 11.9. The molecule has 0 aromatic heterocycles. The molecule has 0 bridgehead atoms. The van der Waals surface area contributed by atoms with Gasteiger partial charge in [0.25, 0.3) is 0 Å². The van der Waals surface area contributed by atoms with Crippen LogP contribution in [0.4, 0.5) is 4.39 Å². The first-order valence-corrected chi connectivity index (χ1v) is 4.39. The maximum absolute atomic E-state index is 13.2. The third-order valence-electron chi connectivity index (χ3n) is 1.98. The molecule has 4 heteroatoms. The van der Waals surface area contributed by atoms with Gasteiger partial charge < -0.3 is 10.8 Å². The molecule has 0 aliphatic carbocycles. The lowest BCUT2D eigenvalue weighted by atomic mass is 10.0. The van der Waals surface area contributed by atoms with E-state index in [0.717, 1.165) is 18.9 Å². The molecule has 0 saturated carbocycles. The van der Waals surface area contributed by atoms with E-state index in [1.54, 1.807) is 0 Å². The van der Waals surface area contributed by atoms with Crippen LogP contribution in [0.1, 0.15) is 31.4 Å². The molecule has 0 amide bonds. The molecule has 0 unspecified atom stereocenters. The summed E-state index contributed by atoms with van der Waals surface area (Å²) in [4.78, 5) is 0. The SMILES string of the molecule is CCC[C@@H](N)c1ccc(O)cc1F.Cl. The number of phenolic OH excluding ortho intramolecular Hbond substituents is 1. The maximum atomic E-state index is 13.2. The van der Waals surface area contributed by atoms with Gasteiger partial charge in [0, 0.05) is 17.7 Å². The number of hydrogen-bond acceptors (Lipinski definition) is 2. The molecule has 1 aromatic carbocycles. The van der Waals surface area contributed by atoms with E-state index >= 15 is 0 Å². The molecular formula is C10H15ClFNO. The van der Waals surface area contributed by atoms with Gasteiger partial charge in [0.05, 0.1) is 0 Å². The van der Waals surface area contributed by atoms with E-state index in [2.05, 4.69) is 0 Å². The molecule has 0 radical (unpaired) electrons. The number of rotatable bonds is 3. The Morgan fingerprint density at radius 3 is 2.64 bits per heavy atom. The van der Waals surface area contributed by atoms with Gasteiger partial charge in [-0.15, -0.1) is 12.4 Å². The molecule has 0 aliphatic rings. The highest BCUT2D eigenvalue weighted by Gasteiger charge is 2.10. The van der Waals surface area contributed by atoms with Crippen LogP contribution >= 0.6 is 12.4 Å². The molecule has 1 atom stereocenters. The molecule has 3 N–H and O–H groups in total. The van der Waals surface area contributed by atoms with Gasteiger partial charge >= 0.3 is 0 Å². The van der Waals surface area contributed by atoms with Gasteiger partial charge in [0.15, 0.2) is 0 Å². The molecular weight excluding hydrogens is 205 g/mol. The first-order chi connectivity index (χ1) is 6.15. The van der Waals surface area contributed by atoms with Crippen LogP contribution in [-0.4, -0.2) is 5.11 Å². The number of aromatic hydroxyl groups is 1. The van der Waals surface area contributed by atoms with E-state index in [1.165, 1.54) is 12.1 Å². The third kappa shape index (κ3) is 3.16. The predicted molar refractivity (Wildman–Crippen MR) is 57.1 cm³/mol. The van der Waals surface area contributed by atoms with Crippen LogP contribution in [-0.2, 0) is 0 Å². The van der Waals surface area contributed by atoms with Crippen LogP contribution in [0.5, 0.6) is 5.75 Å². The summed E-state index contributed by atoms with van der Waals surface area (Å²) < 4.78 is 13.2. The number of benzene rings is 1. The first kappa shape index (κ1) is 13.2. The lowest BCUT2D eigenvalue weighted by molar-refractivity contribution is 0.465. The zero-order valence-corrected chi connectivity index (χ0v) is 8.85. The fraction of sp³-hybridized carbons (Fsp3) is 0.400. The highest BCUT2D eigenvalue weighted by atomic mass is 35.5. The van der Waals surface area contributed by atoms with Crippen LogP contribution in [0, 0.1) is 5.82 Å². The second kappa shape index (κ2) is 5.83. The standard InChI is InChI=1S/C10H14FNO.ClH/c1-2-3-10(12)8-5-4-7(13)6-9(8)11;/h4-6,10,13H,2-3,12H2,1H3;1H/t10-;/m1./s1. The minimum Gasteiger partial charge on any atom is -0.508 e. The second-order valence-electron chi connectivity index (χ2n) is 3.10. The number of hydrogen-bond donors (Lipinski definition) is 2. The van der Waals surface area contributed by atoms with Crippen LogP contribution in [0.3, 0.4) is 0 Å². The van der Waals surface area contributed by atoms with Crippen molar-refractivity contribution in [2.75, 3.05) is 0 Å². The molecule has 2 nitrogen and oxygen atoms in total. The van der Waals surface area contributed by atoms with Crippen molar-refractivity contribution in [1.29, 1.82) is 0 Å². The van der Waals surface area contributed by atoms with E-state index in [4.69, 9.17) is 10.8 Å².